The summed E-state index contributed by atoms with van der Waals surface area (Å²) >= 11 is 2.87. The summed E-state index contributed by atoms with van der Waals surface area (Å²) in [5.74, 6) is 0.0726. The maximum atomic E-state index is 12.9. The number of nitrogens with zero attached hydrogens (tertiary/aromatic N) is 2. The van der Waals surface area contributed by atoms with Crippen molar-refractivity contribution in [2.45, 2.75) is 49.0 Å². The average Bonchev–Trinajstić information content (AvgIpc) is 3.03. The molecule has 3 rings (SSSR count). The number of carbonyl (C=O) groups excluding carboxylic acids is 1. The van der Waals surface area contributed by atoms with Gasteiger partial charge in [-0.3, -0.25) is 14.2 Å². The van der Waals surface area contributed by atoms with Gasteiger partial charge in [0.1, 0.15) is 0 Å². The Bertz CT molecular complexity index is 943. The number of thioether (sulfide) groups is 2. The van der Waals surface area contributed by atoms with Gasteiger partial charge in [-0.25, -0.2) is 4.98 Å². The third-order valence-corrected chi connectivity index (χ3v) is 6.67. The normalized spacial score (nSPS) is 15.5. The largest absolute Gasteiger partial charge is 0.383 e. The number of rotatable bonds is 7. The van der Waals surface area contributed by atoms with Crippen LogP contribution in [-0.2, 0) is 22.5 Å². The van der Waals surface area contributed by atoms with Crippen molar-refractivity contribution < 1.29 is 9.53 Å². The van der Waals surface area contributed by atoms with Crippen molar-refractivity contribution in [3.8, 4) is 0 Å². The molecule has 28 heavy (non-hydrogen) atoms. The van der Waals surface area contributed by atoms with E-state index in [0.717, 1.165) is 33.8 Å². The number of methoxy groups -OCH3 is 1. The van der Waals surface area contributed by atoms with Crippen LogP contribution in [0.25, 0.3) is 0 Å². The molecule has 1 aromatic heterocycles. The third kappa shape index (κ3) is 4.79. The molecule has 0 unspecified atom stereocenters. The SMILES string of the molecule is COCCn1c(SCC(=O)Nc2cc(C)ccc2C)nc2c(c1=O)S[C@H](C)C2. The van der Waals surface area contributed by atoms with Crippen molar-refractivity contribution in [1.29, 1.82) is 0 Å². The lowest BCUT2D eigenvalue weighted by Gasteiger charge is -2.13. The molecular formula is C20H25N3O3S2. The molecule has 0 bridgehead atoms. The van der Waals surface area contributed by atoms with Crippen LogP contribution in [0.5, 0.6) is 0 Å². The molecule has 0 saturated heterocycles. The monoisotopic (exact) mass is 419 g/mol. The Kier molecular flexibility index (Phi) is 6.85. The zero-order valence-electron chi connectivity index (χ0n) is 16.6. The van der Waals surface area contributed by atoms with E-state index in [1.165, 1.54) is 11.8 Å². The van der Waals surface area contributed by atoms with Gasteiger partial charge in [0, 0.05) is 24.5 Å². The van der Waals surface area contributed by atoms with Crippen LogP contribution in [0.1, 0.15) is 23.7 Å². The number of hydrogen-bond donors (Lipinski definition) is 1. The van der Waals surface area contributed by atoms with Gasteiger partial charge in [0.05, 0.1) is 29.5 Å². The van der Waals surface area contributed by atoms with E-state index in [-0.39, 0.29) is 17.2 Å². The van der Waals surface area contributed by atoms with Crippen molar-refractivity contribution in [1.82, 2.24) is 9.55 Å². The number of nitrogens with one attached hydrogen (secondary N) is 1. The summed E-state index contributed by atoms with van der Waals surface area (Å²) in [7, 11) is 1.60. The zero-order valence-corrected chi connectivity index (χ0v) is 18.2. The van der Waals surface area contributed by atoms with Crippen LogP contribution in [0.3, 0.4) is 0 Å². The quantitative estimate of drug-likeness (QED) is 0.548. The molecule has 8 heteroatoms. The maximum Gasteiger partial charge on any atom is 0.268 e. The van der Waals surface area contributed by atoms with E-state index in [4.69, 9.17) is 9.72 Å². The van der Waals surface area contributed by atoms with Crippen molar-refractivity contribution >= 4 is 35.1 Å². The molecule has 1 aliphatic rings. The predicted molar refractivity (Wildman–Crippen MR) is 115 cm³/mol. The molecular weight excluding hydrogens is 394 g/mol. The second-order valence-electron chi connectivity index (χ2n) is 6.91. The van der Waals surface area contributed by atoms with Crippen LogP contribution in [0.4, 0.5) is 5.69 Å². The van der Waals surface area contributed by atoms with Gasteiger partial charge in [0.15, 0.2) is 5.16 Å². The molecule has 1 aliphatic heterocycles. The van der Waals surface area contributed by atoms with Gasteiger partial charge < -0.3 is 10.1 Å². The van der Waals surface area contributed by atoms with Gasteiger partial charge in [0.2, 0.25) is 5.91 Å². The average molecular weight is 420 g/mol. The maximum absolute atomic E-state index is 12.9. The molecule has 0 radical (unpaired) electrons. The molecule has 2 heterocycles. The molecule has 0 spiro atoms. The first-order valence-electron chi connectivity index (χ1n) is 9.18. The van der Waals surface area contributed by atoms with Crippen LogP contribution >= 0.6 is 23.5 Å². The van der Waals surface area contributed by atoms with E-state index in [0.29, 0.717) is 23.6 Å². The number of fused-ring (bicyclic) bond motifs is 1. The van der Waals surface area contributed by atoms with E-state index in [2.05, 4.69) is 12.2 Å². The summed E-state index contributed by atoms with van der Waals surface area (Å²) in [4.78, 5) is 30.8. The fourth-order valence-corrected chi connectivity index (χ4v) is 4.96. The lowest BCUT2D eigenvalue weighted by Crippen LogP contribution is -2.27. The third-order valence-electron chi connectivity index (χ3n) is 4.48. The van der Waals surface area contributed by atoms with Gasteiger partial charge in [-0.15, -0.1) is 11.8 Å². The number of aromatic nitrogens is 2. The highest BCUT2D eigenvalue weighted by Gasteiger charge is 2.26. The van der Waals surface area contributed by atoms with E-state index < -0.39 is 0 Å². The van der Waals surface area contributed by atoms with Crippen LogP contribution in [0.15, 0.2) is 33.0 Å². The number of hydrogen-bond acceptors (Lipinski definition) is 6. The first-order valence-corrected chi connectivity index (χ1v) is 11.0. The van der Waals surface area contributed by atoms with Crippen LogP contribution in [-0.4, -0.2) is 40.2 Å². The van der Waals surface area contributed by atoms with Crippen molar-refractivity contribution in [3.63, 3.8) is 0 Å². The van der Waals surface area contributed by atoms with Crippen molar-refractivity contribution in [3.05, 3.63) is 45.4 Å². The van der Waals surface area contributed by atoms with Crippen LogP contribution in [0, 0.1) is 13.8 Å². The highest BCUT2D eigenvalue weighted by atomic mass is 32.2. The number of amides is 1. The highest BCUT2D eigenvalue weighted by molar-refractivity contribution is 8.00. The molecule has 1 atom stereocenters. The van der Waals surface area contributed by atoms with Gasteiger partial charge in [-0.05, 0) is 31.0 Å². The first-order chi connectivity index (χ1) is 13.4. The summed E-state index contributed by atoms with van der Waals surface area (Å²) in [6, 6.07) is 5.96. The van der Waals surface area contributed by atoms with Crippen molar-refractivity contribution in [2.75, 3.05) is 24.8 Å². The van der Waals surface area contributed by atoms with E-state index in [9.17, 15) is 9.59 Å². The molecule has 0 fully saturated rings. The Balaban J connectivity index is 1.77. The van der Waals surface area contributed by atoms with Gasteiger partial charge in [-0.1, -0.05) is 30.8 Å². The van der Waals surface area contributed by atoms with E-state index in [1.807, 2.05) is 32.0 Å². The predicted octanol–water partition coefficient (Wildman–Crippen LogP) is 3.27. The molecule has 1 N–H and O–H groups in total. The zero-order chi connectivity index (χ0) is 20.3. The van der Waals surface area contributed by atoms with Gasteiger partial charge in [0.25, 0.3) is 5.56 Å². The molecule has 0 aliphatic carbocycles. The molecule has 150 valence electrons. The molecule has 1 amide bonds. The first kappa shape index (κ1) is 21.0. The van der Waals surface area contributed by atoms with Gasteiger partial charge >= 0.3 is 0 Å². The topological polar surface area (TPSA) is 73.2 Å². The summed E-state index contributed by atoms with van der Waals surface area (Å²) < 4.78 is 6.77. The molecule has 1 aromatic carbocycles. The van der Waals surface area contributed by atoms with Gasteiger partial charge in [-0.2, -0.15) is 0 Å². The van der Waals surface area contributed by atoms with Crippen molar-refractivity contribution in [2.24, 2.45) is 0 Å². The Morgan fingerprint density at radius 1 is 1.43 bits per heavy atom. The minimum atomic E-state index is -0.116. The second kappa shape index (κ2) is 9.15. The number of anilines is 1. The Morgan fingerprint density at radius 2 is 2.21 bits per heavy atom. The Labute approximate surface area is 173 Å². The minimum Gasteiger partial charge on any atom is -0.383 e. The smallest absolute Gasteiger partial charge is 0.268 e. The molecule has 2 aromatic rings. The summed E-state index contributed by atoms with van der Waals surface area (Å²) in [5.41, 5.74) is 3.73. The fraction of sp³-hybridized carbons (Fsp3) is 0.450. The summed E-state index contributed by atoms with van der Waals surface area (Å²) in [6.45, 7) is 6.89. The molecule has 0 saturated carbocycles. The lowest BCUT2D eigenvalue weighted by molar-refractivity contribution is -0.113. The number of benzene rings is 1. The number of ether oxygens (including phenoxy) is 1. The van der Waals surface area contributed by atoms with E-state index >= 15 is 0 Å². The minimum absolute atomic E-state index is 0.0335. The second-order valence-corrected chi connectivity index (χ2v) is 9.30. The lowest BCUT2D eigenvalue weighted by atomic mass is 10.1. The van der Waals surface area contributed by atoms with Crippen LogP contribution in [0.2, 0.25) is 0 Å². The Morgan fingerprint density at radius 3 is 2.96 bits per heavy atom. The van der Waals surface area contributed by atoms with E-state index in [1.54, 1.807) is 23.4 Å². The fourth-order valence-electron chi connectivity index (χ4n) is 3.01. The highest BCUT2D eigenvalue weighted by Crippen LogP contribution is 2.34. The summed E-state index contributed by atoms with van der Waals surface area (Å²) in [5, 5.41) is 3.88. The number of carbonyl (C=O) groups is 1. The number of aryl methyl sites for hydroxylation is 2. The standard InChI is InChI=1S/C20H25N3O3S2/c1-12-5-6-13(2)15(9-12)21-17(24)11-27-20-22-16-10-14(3)28-18(16)19(25)23(20)7-8-26-4/h5-6,9,14H,7-8,10-11H2,1-4H3,(H,21,24)/t14-/m1/s1. The summed E-state index contributed by atoms with van der Waals surface area (Å²) in [6.07, 6.45) is 0.780. The van der Waals surface area contributed by atoms with Crippen LogP contribution < -0.4 is 10.9 Å². The Hall–Kier alpha value is -1.77. The molecule has 6 nitrogen and oxygen atoms in total.